The Labute approximate surface area is 133 Å². The van der Waals surface area contributed by atoms with E-state index in [2.05, 4.69) is 27.3 Å². The monoisotopic (exact) mass is 351 g/mol. The van der Waals surface area contributed by atoms with E-state index in [0.717, 1.165) is 32.5 Å². The highest BCUT2D eigenvalue weighted by molar-refractivity contribution is 9.10. The van der Waals surface area contributed by atoms with Gasteiger partial charge in [-0.2, -0.15) is 0 Å². The summed E-state index contributed by atoms with van der Waals surface area (Å²) in [5, 5.41) is 3.26. The van der Waals surface area contributed by atoms with Crippen LogP contribution >= 0.6 is 15.9 Å². The number of hydrogen-bond donors (Lipinski definition) is 1. The highest BCUT2D eigenvalue weighted by Crippen LogP contribution is 2.36. The van der Waals surface area contributed by atoms with Gasteiger partial charge >= 0.3 is 0 Å². The molecule has 1 atom stereocenters. The fraction of sp³-hybridized carbons (Fsp3) is 0.294. The van der Waals surface area contributed by atoms with Gasteiger partial charge in [0.1, 0.15) is 11.6 Å². The van der Waals surface area contributed by atoms with E-state index in [1.54, 1.807) is 19.2 Å². The second-order valence-corrected chi connectivity index (χ2v) is 5.94. The maximum Gasteiger partial charge on any atom is 0.124 e. The summed E-state index contributed by atoms with van der Waals surface area (Å²) >= 11 is 3.51. The third-order valence-corrected chi connectivity index (χ3v) is 4.28. The van der Waals surface area contributed by atoms with Crippen LogP contribution in [-0.2, 0) is 0 Å². The van der Waals surface area contributed by atoms with E-state index in [0.29, 0.717) is 0 Å². The zero-order valence-corrected chi connectivity index (χ0v) is 14.2. The van der Waals surface area contributed by atoms with E-state index in [9.17, 15) is 4.39 Å². The van der Waals surface area contributed by atoms with Crippen molar-refractivity contribution in [1.82, 2.24) is 5.32 Å². The normalized spacial score (nSPS) is 12.3. The number of rotatable bonds is 4. The maximum absolute atomic E-state index is 13.6. The molecule has 21 heavy (non-hydrogen) atoms. The Morgan fingerprint density at radius 1 is 1.19 bits per heavy atom. The summed E-state index contributed by atoms with van der Waals surface area (Å²) in [7, 11) is 3.52. The molecule has 0 heterocycles. The first kappa shape index (κ1) is 16.0. The van der Waals surface area contributed by atoms with Crippen LogP contribution in [0, 0.1) is 19.7 Å². The van der Waals surface area contributed by atoms with Crippen molar-refractivity contribution in [3.05, 3.63) is 62.9 Å². The minimum atomic E-state index is -0.253. The fourth-order valence-corrected chi connectivity index (χ4v) is 3.15. The van der Waals surface area contributed by atoms with Crippen LogP contribution in [0.5, 0.6) is 5.75 Å². The van der Waals surface area contributed by atoms with Crippen LogP contribution in [0.4, 0.5) is 4.39 Å². The molecule has 4 heteroatoms. The smallest absolute Gasteiger partial charge is 0.124 e. The van der Waals surface area contributed by atoms with Gasteiger partial charge in [-0.1, -0.05) is 22.0 Å². The van der Waals surface area contributed by atoms with Gasteiger partial charge in [-0.25, -0.2) is 4.39 Å². The second-order valence-electron chi connectivity index (χ2n) is 5.09. The van der Waals surface area contributed by atoms with Crippen molar-refractivity contribution in [2.75, 3.05) is 14.2 Å². The number of nitrogens with one attached hydrogen (secondary N) is 1. The van der Waals surface area contributed by atoms with Gasteiger partial charge in [0, 0.05) is 10.0 Å². The molecule has 0 radical (unpaired) electrons. The molecule has 0 spiro atoms. The van der Waals surface area contributed by atoms with Crippen molar-refractivity contribution in [2.45, 2.75) is 19.9 Å². The molecule has 0 saturated heterocycles. The molecular weight excluding hydrogens is 333 g/mol. The molecule has 0 amide bonds. The molecule has 0 aliphatic carbocycles. The van der Waals surface area contributed by atoms with Crippen LogP contribution in [0.3, 0.4) is 0 Å². The summed E-state index contributed by atoms with van der Waals surface area (Å²) in [6.45, 7) is 4.08. The molecule has 0 saturated carbocycles. The van der Waals surface area contributed by atoms with Gasteiger partial charge in [0.25, 0.3) is 0 Å². The van der Waals surface area contributed by atoms with Crippen LogP contribution in [0.15, 0.2) is 34.8 Å². The fourth-order valence-electron chi connectivity index (χ4n) is 2.67. The lowest BCUT2D eigenvalue weighted by Gasteiger charge is -2.23. The first-order valence-corrected chi connectivity index (χ1v) is 7.54. The largest absolute Gasteiger partial charge is 0.496 e. The molecule has 112 valence electrons. The Balaban J connectivity index is 2.64. The minimum absolute atomic E-state index is 0.148. The Morgan fingerprint density at radius 3 is 2.52 bits per heavy atom. The van der Waals surface area contributed by atoms with E-state index >= 15 is 0 Å². The van der Waals surface area contributed by atoms with Crippen molar-refractivity contribution in [3.63, 3.8) is 0 Å². The first-order valence-electron chi connectivity index (χ1n) is 6.75. The van der Waals surface area contributed by atoms with Crippen LogP contribution in [0.2, 0.25) is 0 Å². The lowest BCUT2D eigenvalue weighted by Crippen LogP contribution is -2.20. The van der Waals surface area contributed by atoms with Gasteiger partial charge in [0.2, 0.25) is 0 Å². The van der Waals surface area contributed by atoms with Gasteiger partial charge in [-0.05, 0) is 61.9 Å². The van der Waals surface area contributed by atoms with Crippen LogP contribution in [0.1, 0.15) is 28.3 Å². The quantitative estimate of drug-likeness (QED) is 0.873. The Morgan fingerprint density at radius 2 is 1.90 bits per heavy atom. The third kappa shape index (κ3) is 3.27. The van der Waals surface area contributed by atoms with Gasteiger partial charge in [0.05, 0.1) is 13.2 Å². The van der Waals surface area contributed by atoms with E-state index < -0.39 is 0 Å². The number of aryl methyl sites for hydroxylation is 2. The summed E-state index contributed by atoms with van der Waals surface area (Å²) in [5.41, 5.74) is 4.13. The van der Waals surface area contributed by atoms with Crippen molar-refractivity contribution in [3.8, 4) is 5.75 Å². The Hall–Kier alpha value is -1.39. The van der Waals surface area contributed by atoms with Gasteiger partial charge in [-0.3, -0.25) is 0 Å². The number of hydrogen-bond acceptors (Lipinski definition) is 2. The second kappa shape index (κ2) is 6.58. The predicted molar refractivity (Wildman–Crippen MR) is 87.5 cm³/mol. The number of ether oxygens (including phenoxy) is 1. The molecular formula is C17H19BrFNO. The SMILES string of the molecule is CNC(c1cc(F)ccc1Br)c1c(C)cc(C)cc1OC. The standard InChI is InChI=1S/C17H19BrFNO/c1-10-7-11(2)16(15(8-10)21-4)17(20-3)13-9-12(19)5-6-14(13)18/h5-9,17,20H,1-4H3. The Kier molecular flexibility index (Phi) is 5.01. The number of halogens is 2. The average molecular weight is 352 g/mol. The predicted octanol–water partition coefficient (Wildman–Crippen LogP) is 4.52. The zero-order valence-electron chi connectivity index (χ0n) is 12.6. The molecule has 2 aromatic carbocycles. The summed E-state index contributed by atoms with van der Waals surface area (Å²) in [6, 6.07) is 8.68. The molecule has 0 bridgehead atoms. The van der Waals surface area contributed by atoms with E-state index in [-0.39, 0.29) is 11.9 Å². The van der Waals surface area contributed by atoms with Gasteiger partial charge in [-0.15, -0.1) is 0 Å². The number of benzene rings is 2. The molecule has 1 unspecified atom stereocenters. The summed E-state index contributed by atoms with van der Waals surface area (Å²) < 4.78 is 20.0. The lowest BCUT2D eigenvalue weighted by atomic mass is 9.93. The first-order chi connectivity index (χ1) is 9.97. The van der Waals surface area contributed by atoms with Crippen LogP contribution in [0.25, 0.3) is 0 Å². The van der Waals surface area contributed by atoms with Gasteiger partial charge in [0.15, 0.2) is 0 Å². The molecule has 0 aliphatic heterocycles. The molecule has 2 rings (SSSR count). The summed E-state index contributed by atoms with van der Waals surface area (Å²) in [6.07, 6.45) is 0. The molecule has 0 aliphatic rings. The molecule has 1 N–H and O–H groups in total. The van der Waals surface area contributed by atoms with Crippen molar-refractivity contribution >= 4 is 15.9 Å². The molecule has 0 aromatic heterocycles. The van der Waals surface area contributed by atoms with Crippen molar-refractivity contribution < 1.29 is 9.13 Å². The third-order valence-electron chi connectivity index (χ3n) is 3.56. The van der Waals surface area contributed by atoms with E-state index in [1.807, 2.05) is 27.0 Å². The highest BCUT2D eigenvalue weighted by Gasteiger charge is 2.21. The zero-order chi connectivity index (χ0) is 15.6. The lowest BCUT2D eigenvalue weighted by molar-refractivity contribution is 0.404. The Bertz CT molecular complexity index is 657. The molecule has 2 nitrogen and oxygen atoms in total. The number of methoxy groups -OCH3 is 1. The van der Waals surface area contributed by atoms with E-state index in [1.165, 1.54) is 6.07 Å². The molecule has 2 aromatic rings. The summed E-state index contributed by atoms with van der Waals surface area (Å²) in [4.78, 5) is 0. The molecule has 0 fully saturated rings. The summed E-state index contributed by atoms with van der Waals surface area (Å²) in [5.74, 6) is 0.556. The van der Waals surface area contributed by atoms with Gasteiger partial charge < -0.3 is 10.1 Å². The minimum Gasteiger partial charge on any atom is -0.496 e. The van der Waals surface area contributed by atoms with Crippen LogP contribution < -0.4 is 10.1 Å². The van der Waals surface area contributed by atoms with Crippen molar-refractivity contribution in [2.24, 2.45) is 0 Å². The topological polar surface area (TPSA) is 21.3 Å². The van der Waals surface area contributed by atoms with Crippen molar-refractivity contribution in [1.29, 1.82) is 0 Å². The highest BCUT2D eigenvalue weighted by atomic mass is 79.9. The average Bonchev–Trinajstić information content (AvgIpc) is 2.44. The van der Waals surface area contributed by atoms with E-state index in [4.69, 9.17) is 4.74 Å². The maximum atomic E-state index is 13.6. The van der Waals surface area contributed by atoms with Crippen LogP contribution in [-0.4, -0.2) is 14.2 Å².